The highest BCUT2D eigenvalue weighted by Crippen LogP contribution is 2.21. The van der Waals surface area contributed by atoms with Crippen LogP contribution >= 0.6 is 0 Å². The highest BCUT2D eigenvalue weighted by molar-refractivity contribution is 5.83. The molecule has 5 nitrogen and oxygen atoms in total. The van der Waals surface area contributed by atoms with E-state index in [1.807, 2.05) is 7.05 Å². The molecule has 0 aromatic carbocycles. The zero-order valence-corrected chi connectivity index (χ0v) is 8.05. The largest absolute Gasteiger partial charge is 0.475 e. The molecule has 1 aliphatic heterocycles. The van der Waals surface area contributed by atoms with E-state index in [1.165, 1.54) is 0 Å². The SMILES string of the molecule is CN1CCC(n2ccnc2C(=O)O)C1. The second-order valence-corrected chi connectivity index (χ2v) is 3.67. The molecule has 0 spiro atoms. The molecule has 0 bridgehead atoms. The van der Waals surface area contributed by atoms with E-state index in [2.05, 4.69) is 9.88 Å². The number of hydrogen-bond acceptors (Lipinski definition) is 3. The van der Waals surface area contributed by atoms with Crippen LogP contribution in [0, 0.1) is 0 Å². The Kier molecular flexibility index (Phi) is 2.25. The summed E-state index contributed by atoms with van der Waals surface area (Å²) in [5.41, 5.74) is 0. The van der Waals surface area contributed by atoms with Crippen molar-refractivity contribution in [1.29, 1.82) is 0 Å². The van der Waals surface area contributed by atoms with Gasteiger partial charge in [-0.15, -0.1) is 0 Å². The molecule has 1 unspecified atom stereocenters. The Morgan fingerprint density at radius 2 is 2.50 bits per heavy atom. The van der Waals surface area contributed by atoms with Gasteiger partial charge in [0.2, 0.25) is 5.82 Å². The van der Waals surface area contributed by atoms with Gasteiger partial charge in [-0.1, -0.05) is 0 Å². The lowest BCUT2D eigenvalue weighted by Crippen LogP contribution is -2.19. The fourth-order valence-corrected chi connectivity index (χ4v) is 1.91. The van der Waals surface area contributed by atoms with E-state index in [9.17, 15) is 4.79 Å². The van der Waals surface area contributed by atoms with Gasteiger partial charge >= 0.3 is 5.97 Å². The van der Waals surface area contributed by atoms with Crippen LogP contribution in [0.2, 0.25) is 0 Å². The maximum Gasteiger partial charge on any atom is 0.372 e. The Balaban J connectivity index is 2.23. The van der Waals surface area contributed by atoms with E-state index < -0.39 is 5.97 Å². The van der Waals surface area contributed by atoms with Gasteiger partial charge in [-0.25, -0.2) is 9.78 Å². The first kappa shape index (κ1) is 9.21. The molecule has 1 N–H and O–H groups in total. The third-order valence-electron chi connectivity index (χ3n) is 2.62. The molecule has 0 saturated carbocycles. The van der Waals surface area contributed by atoms with Crippen molar-refractivity contribution in [2.45, 2.75) is 12.5 Å². The summed E-state index contributed by atoms with van der Waals surface area (Å²) < 4.78 is 1.76. The molecule has 5 heteroatoms. The predicted octanol–water partition coefficient (Wildman–Crippen LogP) is 0.458. The first-order valence-corrected chi connectivity index (χ1v) is 4.63. The Morgan fingerprint density at radius 1 is 1.71 bits per heavy atom. The third kappa shape index (κ3) is 1.50. The second kappa shape index (κ2) is 3.42. The number of rotatable bonds is 2. The summed E-state index contributed by atoms with van der Waals surface area (Å²) in [6.45, 7) is 1.92. The highest BCUT2D eigenvalue weighted by atomic mass is 16.4. The van der Waals surface area contributed by atoms with Crippen molar-refractivity contribution in [3.05, 3.63) is 18.2 Å². The molecule has 0 aliphatic carbocycles. The van der Waals surface area contributed by atoms with E-state index in [0.29, 0.717) is 0 Å². The summed E-state index contributed by atoms with van der Waals surface area (Å²) in [7, 11) is 2.04. The average Bonchev–Trinajstić information content (AvgIpc) is 2.70. The van der Waals surface area contributed by atoms with Crippen molar-refractivity contribution >= 4 is 5.97 Å². The lowest BCUT2D eigenvalue weighted by atomic mass is 10.2. The van der Waals surface area contributed by atoms with Gasteiger partial charge in [0, 0.05) is 25.0 Å². The zero-order valence-electron chi connectivity index (χ0n) is 8.05. The quantitative estimate of drug-likeness (QED) is 0.744. The predicted molar refractivity (Wildman–Crippen MR) is 50.3 cm³/mol. The number of aromatic carboxylic acids is 1. The van der Waals surface area contributed by atoms with Crippen LogP contribution in [-0.4, -0.2) is 45.7 Å². The molecule has 1 atom stereocenters. The van der Waals surface area contributed by atoms with Gasteiger partial charge in [-0.2, -0.15) is 0 Å². The molecule has 2 heterocycles. The van der Waals surface area contributed by atoms with Crippen LogP contribution in [0.4, 0.5) is 0 Å². The normalized spacial score (nSPS) is 22.8. The van der Waals surface area contributed by atoms with Crippen molar-refractivity contribution in [3.8, 4) is 0 Å². The number of likely N-dealkylation sites (tertiary alicyclic amines) is 1. The molecule has 1 aliphatic rings. The monoisotopic (exact) mass is 195 g/mol. The van der Waals surface area contributed by atoms with Crippen LogP contribution in [0.3, 0.4) is 0 Å². The number of carboxylic acid groups (broad SMARTS) is 1. The van der Waals surface area contributed by atoms with Crippen molar-refractivity contribution in [2.24, 2.45) is 0 Å². The minimum Gasteiger partial charge on any atom is -0.475 e. The van der Waals surface area contributed by atoms with Gasteiger partial charge in [-0.05, 0) is 20.0 Å². The molecule has 14 heavy (non-hydrogen) atoms. The van der Waals surface area contributed by atoms with E-state index >= 15 is 0 Å². The van der Waals surface area contributed by atoms with Crippen LogP contribution in [0.25, 0.3) is 0 Å². The van der Waals surface area contributed by atoms with Crippen molar-refractivity contribution < 1.29 is 9.90 Å². The summed E-state index contributed by atoms with van der Waals surface area (Å²) in [5, 5.41) is 8.88. The van der Waals surface area contributed by atoms with Gasteiger partial charge < -0.3 is 14.6 Å². The lowest BCUT2D eigenvalue weighted by molar-refractivity contribution is 0.0675. The summed E-state index contributed by atoms with van der Waals surface area (Å²) in [5.74, 6) is -0.810. The zero-order chi connectivity index (χ0) is 10.1. The van der Waals surface area contributed by atoms with E-state index in [-0.39, 0.29) is 11.9 Å². The van der Waals surface area contributed by atoms with Gasteiger partial charge in [0.15, 0.2) is 0 Å². The van der Waals surface area contributed by atoms with Crippen molar-refractivity contribution in [1.82, 2.24) is 14.5 Å². The maximum atomic E-state index is 10.8. The fourth-order valence-electron chi connectivity index (χ4n) is 1.91. The summed E-state index contributed by atoms with van der Waals surface area (Å²) in [6, 6.07) is 0.258. The molecule has 1 fully saturated rings. The fraction of sp³-hybridized carbons (Fsp3) is 0.556. The Labute approximate surface area is 82.0 Å². The van der Waals surface area contributed by atoms with Crippen LogP contribution < -0.4 is 0 Å². The number of nitrogens with zero attached hydrogens (tertiary/aromatic N) is 3. The van der Waals surface area contributed by atoms with Gasteiger partial charge in [-0.3, -0.25) is 0 Å². The lowest BCUT2D eigenvalue weighted by Gasteiger charge is -2.13. The van der Waals surface area contributed by atoms with E-state index in [0.717, 1.165) is 19.5 Å². The van der Waals surface area contributed by atoms with Crippen LogP contribution in [0.15, 0.2) is 12.4 Å². The molecular formula is C9H13N3O2. The smallest absolute Gasteiger partial charge is 0.372 e. The second-order valence-electron chi connectivity index (χ2n) is 3.67. The topological polar surface area (TPSA) is 58.4 Å². The van der Waals surface area contributed by atoms with E-state index in [4.69, 9.17) is 5.11 Å². The minimum absolute atomic E-state index is 0.144. The van der Waals surface area contributed by atoms with Crippen molar-refractivity contribution in [3.63, 3.8) is 0 Å². The standard InChI is InChI=1S/C9H13N3O2/c1-11-4-2-7(6-11)12-5-3-10-8(12)9(13)14/h3,5,7H,2,4,6H2,1H3,(H,13,14). The highest BCUT2D eigenvalue weighted by Gasteiger charge is 2.24. The third-order valence-corrected chi connectivity index (χ3v) is 2.62. The van der Waals surface area contributed by atoms with Crippen LogP contribution in [0.5, 0.6) is 0 Å². The summed E-state index contributed by atoms with van der Waals surface area (Å²) in [4.78, 5) is 16.8. The number of hydrogen-bond donors (Lipinski definition) is 1. The number of imidazole rings is 1. The Bertz CT molecular complexity index is 348. The molecule has 76 valence electrons. The molecule has 0 radical (unpaired) electrons. The van der Waals surface area contributed by atoms with Crippen LogP contribution in [-0.2, 0) is 0 Å². The molecule has 2 rings (SSSR count). The number of carbonyl (C=O) groups is 1. The Morgan fingerprint density at radius 3 is 3.07 bits per heavy atom. The molecule has 1 aromatic rings. The molecule has 0 amide bonds. The van der Waals surface area contributed by atoms with Gasteiger partial charge in [0.1, 0.15) is 0 Å². The first-order valence-electron chi connectivity index (χ1n) is 4.63. The molecule has 1 aromatic heterocycles. The summed E-state index contributed by atoms with van der Waals surface area (Å²) >= 11 is 0. The molecular weight excluding hydrogens is 182 g/mol. The number of carboxylic acids is 1. The minimum atomic E-state index is -0.954. The summed E-state index contributed by atoms with van der Waals surface area (Å²) in [6.07, 6.45) is 4.28. The van der Waals surface area contributed by atoms with Gasteiger partial charge in [0.25, 0.3) is 0 Å². The number of aromatic nitrogens is 2. The van der Waals surface area contributed by atoms with E-state index in [1.54, 1.807) is 17.0 Å². The number of likely N-dealkylation sites (N-methyl/N-ethyl adjacent to an activating group) is 1. The molecule has 1 saturated heterocycles. The Hall–Kier alpha value is -1.36. The van der Waals surface area contributed by atoms with Crippen LogP contribution in [0.1, 0.15) is 23.1 Å². The van der Waals surface area contributed by atoms with Gasteiger partial charge in [0.05, 0.1) is 0 Å². The maximum absolute atomic E-state index is 10.8. The first-order chi connectivity index (χ1) is 6.68. The van der Waals surface area contributed by atoms with Crippen molar-refractivity contribution in [2.75, 3.05) is 20.1 Å². The average molecular weight is 195 g/mol.